The molecule has 0 amide bonds. The van der Waals surface area contributed by atoms with E-state index >= 15 is 0 Å². The highest BCUT2D eigenvalue weighted by Gasteiger charge is 2.34. The van der Waals surface area contributed by atoms with Gasteiger partial charge in [-0.3, -0.25) is 0 Å². The fourth-order valence-electron chi connectivity index (χ4n) is 2.10. The first-order chi connectivity index (χ1) is 9.07. The van der Waals surface area contributed by atoms with Crippen molar-refractivity contribution in [2.75, 3.05) is 13.1 Å². The Hall–Kier alpha value is -0.960. The van der Waals surface area contributed by atoms with Crippen molar-refractivity contribution in [3.8, 4) is 0 Å². The second-order valence-corrected chi connectivity index (χ2v) is 8.09. The molecule has 0 radical (unpaired) electrons. The van der Waals surface area contributed by atoms with Crippen LogP contribution in [0.25, 0.3) is 0 Å². The van der Waals surface area contributed by atoms with Gasteiger partial charge < -0.3 is 0 Å². The molecule has 1 saturated heterocycles. The first-order valence-corrected chi connectivity index (χ1v) is 8.32. The Kier molecular flexibility index (Phi) is 3.34. The predicted molar refractivity (Wildman–Crippen MR) is 71.8 cm³/mol. The number of hydrogen-bond donors (Lipinski definition) is 0. The molecule has 2 aromatic rings. The van der Waals surface area contributed by atoms with Crippen LogP contribution in [0.1, 0.15) is 12.5 Å². The van der Waals surface area contributed by atoms with Gasteiger partial charge in [-0.15, -0.1) is 11.3 Å². The van der Waals surface area contributed by atoms with Gasteiger partial charge in [0.15, 0.2) is 0 Å². The van der Waals surface area contributed by atoms with Crippen molar-refractivity contribution in [2.45, 2.75) is 16.7 Å². The molecule has 9 heteroatoms. The maximum Gasteiger partial charge on any atom is 0.252 e. The van der Waals surface area contributed by atoms with E-state index in [0.717, 1.165) is 11.3 Å². The lowest BCUT2D eigenvalue weighted by Gasteiger charge is -2.14. The number of sulfonamides is 1. The van der Waals surface area contributed by atoms with Gasteiger partial charge >= 0.3 is 0 Å². The molecule has 0 aromatic carbocycles. The molecule has 102 valence electrons. The van der Waals surface area contributed by atoms with Crippen LogP contribution in [0.4, 0.5) is 0 Å². The van der Waals surface area contributed by atoms with E-state index in [1.165, 1.54) is 4.31 Å². The predicted octanol–water partition coefficient (Wildman–Crippen LogP) is 1.63. The minimum Gasteiger partial charge on any atom is -0.206 e. The Balaban J connectivity index is 1.81. The summed E-state index contributed by atoms with van der Waals surface area (Å²) in [5, 5.41) is 8.11. The van der Waals surface area contributed by atoms with Gasteiger partial charge in [0.05, 0.1) is 22.8 Å². The molecular formula is C10H11ClN4O2S2. The molecule has 0 saturated carbocycles. The van der Waals surface area contributed by atoms with Crippen LogP contribution in [0.3, 0.4) is 0 Å². The van der Waals surface area contributed by atoms with Crippen LogP contribution in [0.5, 0.6) is 0 Å². The third-order valence-corrected chi connectivity index (χ3v) is 6.60. The number of nitrogens with zero attached hydrogens (tertiary/aromatic N) is 4. The summed E-state index contributed by atoms with van der Waals surface area (Å²) in [6.07, 6.45) is 3.90. The quantitative estimate of drug-likeness (QED) is 0.862. The maximum absolute atomic E-state index is 12.4. The van der Waals surface area contributed by atoms with Crippen molar-refractivity contribution in [1.82, 2.24) is 19.3 Å². The van der Waals surface area contributed by atoms with Crippen LogP contribution in [-0.2, 0) is 10.0 Å². The fourth-order valence-corrected chi connectivity index (χ4v) is 5.22. The van der Waals surface area contributed by atoms with Crippen molar-refractivity contribution >= 4 is 33.0 Å². The fraction of sp³-hybridized carbons (Fsp3) is 0.400. The SMILES string of the molecule is O=S(=O)(c1ccc(Cl)s1)N1CCC(n2nccn2)C1. The average molecular weight is 319 g/mol. The number of rotatable bonds is 3. The molecule has 3 rings (SSSR count). The standard InChI is InChI=1S/C10H11ClN4O2S2/c11-9-1-2-10(18-9)19(16,17)14-6-3-8(7-14)15-12-4-5-13-15/h1-2,4-5,8H,3,6-7H2. The molecule has 0 bridgehead atoms. The van der Waals surface area contributed by atoms with E-state index in [1.807, 2.05) is 0 Å². The van der Waals surface area contributed by atoms with Gasteiger partial charge in [0.2, 0.25) is 0 Å². The van der Waals surface area contributed by atoms with Crippen molar-refractivity contribution in [2.24, 2.45) is 0 Å². The highest BCUT2D eigenvalue weighted by atomic mass is 35.5. The molecular weight excluding hydrogens is 308 g/mol. The Bertz CT molecular complexity index is 668. The molecule has 0 N–H and O–H groups in total. The summed E-state index contributed by atoms with van der Waals surface area (Å²) >= 11 is 6.87. The number of thiophene rings is 1. The molecule has 19 heavy (non-hydrogen) atoms. The van der Waals surface area contributed by atoms with Crippen LogP contribution in [0.15, 0.2) is 28.7 Å². The second-order valence-electron chi connectivity index (χ2n) is 4.21. The summed E-state index contributed by atoms with van der Waals surface area (Å²) in [6.45, 7) is 0.872. The molecule has 1 unspecified atom stereocenters. The normalized spacial score (nSPS) is 21.0. The van der Waals surface area contributed by atoms with Crippen molar-refractivity contribution < 1.29 is 8.42 Å². The van der Waals surface area contributed by atoms with E-state index in [-0.39, 0.29) is 10.3 Å². The van der Waals surface area contributed by atoms with E-state index in [0.29, 0.717) is 23.8 Å². The summed E-state index contributed by atoms with van der Waals surface area (Å²) < 4.78 is 27.0. The van der Waals surface area contributed by atoms with Gasteiger partial charge in [-0.2, -0.15) is 19.3 Å². The second kappa shape index (κ2) is 4.86. The molecule has 0 aliphatic carbocycles. The van der Waals surface area contributed by atoms with E-state index < -0.39 is 10.0 Å². The van der Waals surface area contributed by atoms with Gasteiger partial charge in [0, 0.05) is 13.1 Å². The summed E-state index contributed by atoms with van der Waals surface area (Å²) in [5.41, 5.74) is 0. The Morgan fingerprint density at radius 3 is 2.68 bits per heavy atom. The smallest absolute Gasteiger partial charge is 0.206 e. The summed E-state index contributed by atoms with van der Waals surface area (Å²) in [6, 6.07) is 3.14. The maximum atomic E-state index is 12.4. The third-order valence-electron chi connectivity index (χ3n) is 3.03. The Morgan fingerprint density at radius 2 is 2.05 bits per heavy atom. The lowest BCUT2D eigenvalue weighted by atomic mass is 10.3. The average Bonchev–Trinajstić information content (AvgIpc) is 3.10. The minimum atomic E-state index is -3.44. The lowest BCUT2D eigenvalue weighted by Crippen LogP contribution is -2.29. The zero-order valence-corrected chi connectivity index (χ0v) is 12.2. The minimum absolute atomic E-state index is 0.000194. The highest BCUT2D eigenvalue weighted by Crippen LogP contribution is 2.31. The molecule has 3 heterocycles. The van der Waals surface area contributed by atoms with Crippen LogP contribution < -0.4 is 0 Å². The number of aromatic nitrogens is 3. The molecule has 1 aliphatic heterocycles. The largest absolute Gasteiger partial charge is 0.252 e. The van der Waals surface area contributed by atoms with Crippen molar-refractivity contribution in [3.63, 3.8) is 0 Å². The first-order valence-electron chi connectivity index (χ1n) is 5.68. The van der Waals surface area contributed by atoms with E-state index in [9.17, 15) is 8.42 Å². The van der Waals surface area contributed by atoms with Crippen molar-refractivity contribution in [1.29, 1.82) is 0 Å². The van der Waals surface area contributed by atoms with Gasteiger partial charge in [-0.05, 0) is 18.6 Å². The van der Waals surface area contributed by atoms with Gasteiger partial charge in [-0.25, -0.2) is 8.42 Å². The van der Waals surface area contributed by atoms with Crippen molar-refractivity contribution in [3.05, 3.63) is 28.9 Å². The number of hydrogen-bond acceptors (Lipinski definition) is 5. The van der Waals surface area contributed by atoms with Gasteiger partial charge in [-0.1, -0.05) is 11.6 Å². The number of halogens is 1. The summed E-state index contributed by atoms with van der Waals surface area (Å²) in [5.74, 6) is 0. The summed E-state index contributed by atoms with van der Waals surface area (Å²) in [7, 11) is -3.44. The van der Waals surface area contributed by atoms with Crippen LogP contribution in [0, 0.1) is 0 Å². The van der Waals surface area contributed by atoms with Gasteiger partial charge in [0.1, 0.15) is 4.21 Å². The molecule has 1 atom stereocenters. The van der Waals surface area contributed by atoms with E-state index in [2.05, 4.69) is 10.2 Å². The van der Waals surface area contributed by atoms with E-state index in [4.69, 9.17) is 11.6 Å². The molecule has 1 fully saturated rings. The van der Waals surface area contributed by atoms with Crippen LogP contribution in [-0.4, -0.2) is 40.8 Å². The zero-order chi connectivity index (χ0) is 13.5. The topological polar surface area (TPSA) is 68.1 Å². The third kappa shape index (κ3) is 2.40. The molecule has 0 spiro atoms. The van der Waals surface area contributed by atoms with Gasteiger partial charge in [0.25, 0.3) is 10.0 Å². The highest BCUT2D eigenvalue weighted by molar-refractivity contribution is 7.91. The zero-order valence-electron chi connectivity index (χ0n) is 9.81. The molecule has 6 nitrogen and oxygen atoms in total. The molecule has 2 aromatic heterocycles. The molecule has 1 aliphatic rings. The van der Waals surface area contributed by atoms with Crippen LogP contribution >= 0.6 is 22.9 Å². The Morgan fingerprint density at radius 1 is 1.32 bits per heavy atom. The monoisotopic (exact) mass is 318 g/mol. The van der Waals surface area contributed by atoms with E-state index in [1.54, 1.807) is 29.3 Å². The lowest BCUT2D eigenvalue weighted by molar-refractivity contribution is 0.403. The summed E-state index contributed by atoms with van der Waals surface area (Å²) in [4.78, 5) is 1.57. The Labute approximate surface area is 119 Å². The first kappa shape index (κ1) is 13.0. The van der Waals surface area contributed by atoms with Crippen LogP contribution in [0.2, 0.25) is 4.34 Å².